The third kappa shape index (κ3) is 7.34. The maximum Gasteiger partial charge on any atom is 0.408 e. The predicted octanol–water partition coefficient (Wildman–Crippen LogP) is 3.48. The van der Waals surface area contributed by atoms with E-state index in [2.05, 4.69) is 20.6 Å². The molecule has 2 rings (SSSR count). The van der Waals surface area contributed by atoms with Crippen LogP contribution < -0.4 is 10.6 Å². The van der Waals surface area contributed by atoms with Gasteiger partial charge in [-0.2, -0.15) is 0 Å². The van der Waals surface area contributed by atoms with Crippen molar-refractivity contribution < 1.29 is 9.53 Å². The van der Waals surface area contributed by atoms with Crippen LogP contribution >= 0.6 is 12.2 Å². The summed E-state index contributed by atoms with van der Waals surface area (Å²) in [6.45, 7) is 2.94. The van der Waals surface area contributed by atoms with Gasteiger partial charge in [0.05, 0.1) is 11.0 Å². The lowest BCUT2D eigenvalue weighted by molar-refractivity contribution is 0.134. The average molecular weight is 360 g/mol. The Morgan fingerprint density at radius 1 is 1.32 bits per heavy atom. The molecule has 0 fully saturated rings. The van der Waals surface area contributed by atoms with Gasteiger partial charge in [0.2, 0.25) is 0 Å². The van der Waals surface area contributed by atoms with Gasteiger partial charge in [-0.25, -0.2) is 9.78 Å². The molecule has 1 aromatic heterocycles. The Hall–Kier alpha value is -2.41. The summed E-state index contributed by atoms with van der Waals surface area (Å²) < 4.78 is 5.29. The molecule has 0 saturated heterocycles. The molecule has 6 nitrogen and oxygen atoms in total. The van der Waals surface area contributed by atoms with Crippen molar-refractivity contribution in [2.24, 2.45) is 0 Å². The summed E-state index contributed by atoms with van der Waals surface area (Å²) in [6, 6.07) is 9.39. The number of H-pyrrole nitrogens is 1. The second-order valence-electron chi connectivity index (χ2n) is 5.71. The van der Waals surface area contributed by atoms with Crippen molar-refractivity contribution in [2.75, 3.05) is 6.54 Å². The second kappa shape index (κ2) is 10.5. The number of carbonyl (C=O) groups is 1. The Balaban J connectivity index is 1.79. The maximum atomic E-state index is 12.1. The molecule has 134 valence electrons. The molecule has 1 amide bonds. The molecule has 0 aliphatic carbocycles. The highest BCUT2D eigenvalue weighted by atomic mass is 32.1. The predicted molar refractivity (Wildman–Crippen MR) is 101 cm³/mol. The number of unbranched alkanes of at least 4 members (excludes halogenated alkanes) is 1. The number of aromatic nitrogens is 2. The number of alkyl carbamates (subject to hydrolysis) is 1. The minimum Gasteiger partial charge on any atom is -0.445 e. The van der Waals surface area contributed by atoms with Gasteiger partial charge < -0.3 is 20.4 Å². The molecule has 1 heterocycles. The van der Waals surface area contributed by atoms with Crippen molar-refractivity contribution in [3.05, 3.63) is 54.1 Å². The molecule has 3 N–H and O–H groups in total. The molecule has 25 heavy (non-hydrogen) atoms. The summed E-state index contributed by atoms with van der Waals surface area (Å²) in [5, 5.41) is 6.02. The van der Waals surface area contributed by atoms with E-state index < -0.39 is 6.09 Å². The second-order valence-corrected chi connectivity index (χ2v) is 6.32. The number of thiocarbonyl (C=S) groups is 1. The first-order chi connectivity index (χ1) is 12.1. The molecule has 0 aliphatic heterocycles. The van der Waals surface area contributed by atoms with Gasteiger partial charge in [0.25, 0.3) is 0 Å². The Kier molecular flexibility index (Phi) is 7.91. The van der Waals surface area contributed by atoms with E-state index in [9.17, 15) is 4.79 Å². The van der Waals surface area contributed by atoms with Crippen LogP contribution in [-0.2, 0) is 11.3 Å². The van der Waals surface area contributed by atoms with Crippen molar-refractivity contribution in [3.63, 3.8) is 0 Å². The molecule has 0 spiro atoms. The smallest absolute Gasteiger partial charge is 0.408 e. The fourth-order valence-electron chi connectivity index (χ4n) is 2.39. The first-order valence-electron chi connectivity index (χ1n) is 8.36. The molecule has 7 heteroatoms. The molecular formula is C18H24N4O2S. The van der Waals surface area contributed by atoms with Crippen LogP contribution in [0, 0.1) is 0 Å². The van der Waals surface area contributed by atoms with Crippen molar-refractivity contribution >= 4 is 23.3 Å². The SMILES string of the molecule is CC(=S)NCCCC[C@H](NC(=O)OCc1ccccc1)c1ncc[nH]1. The topological polar surface area (TPSA) is 79.0 Å². The van der Waals surface area contributed by atoms with Crippen LogP contribution in [0.15, 0.2) is 42.7 Å². The van der Waals surface area contributed by atoms with Crippen LogP contribution in [0.1, 0.15) is 43.6 Å². The summed E-state index contributed by atoms with van der Waals surface area (Å²) in [4.78, 5) is 20.2. The van der Waals surface area contributed by atoms with E-state index >= 15 is 0 Å². The number of nitrogens with zero attached hydrogens (tertiary/aromatic N) is 1. The standard InChI is InChI=1S/C18H24N4O2S/c1-14(25)19-10-6-5-9-16(17-20-11-12-21-17)22-18(23)24-13-15-7-3-2-4-8-15/h2-4,7-8,11-12,16H,5-6,9-10,13H2,1H3,(H,19,25)(H,20,21)(H,22,23)/t16-/m0/s1. The van der Waals surface area contributed by atoms with E-state index in [1.807, 2.05) is 37.3 Å². The monoisotopic (exact) mass is 360 g/mol. The molecule has 2 aromatic rings. The van der Waals surface area contributed by atoms with Crippen molar-refractivity contribution in [3.8, 4) is 0 Å². The molecule has 0 saturated carbocycles. The van der Waals surface area contributed by atoms with Crippen LogP contribution in [0.4, 0.5) is 4.79 Å². The lowest BCUT2D eigenvalue weighted by atomic mass is 10.1. The number of aromatic amines is 1. The van der Waals surface area contributed by atoms with Crippen LogP contribution in [0.3, 0.4) is 0 Å². The quantitative estimate of drug-likeness (QED) is 0.471. The largest absolute Gasteiger partial charge is 0.445 e. The Labute approximate surface area is 153 Å². The van der Waals surface area contributed by atoms with E-state index in [1.54, 1.807) is 12.4 Å². The number of benzene rings is 1. The van der Waals surface area contributed by atoms with Crippen molar-refractivity contribution in [2.45, 2.75) is 38.8 Å². The van der Waals surface area contributed by atoms with E-state index in [0.717, 1.165) is 42.2 Å². The minimum atomic E-state index is -0.446. The molecule has 1 atom stereocenters. The number of nitrogens with one attached hydrogen (secondary N) is 3. The Morgan fingerprint density at radius 3 is 2.80 bits per heavy atom. The van der Waals surface area contributed by atoms with Crippen LogP contribution in [0.2, 0.25) is 0 Å². The number of hydrogen-bond acceptors (Lipinski definition) is 4. The van der Waals surface area contributed by atoms with E-state index in [4.69, 9.17) is 17.0 Å². The van der Waals surface area contributed by atoms with E-state index in [1.165, 1.54) is 0 Å². The third-order valence-electron chi connectivity index (χ3n) is 3.65. The van der Waals surface area contributed by atoms with Gasteiger partial charge in [0, 0.05) is 18.9 Å². The lowest BCUT2D eigenvalue weighted by Crippen LogP contribution is -2.30. The Bertz CT molecular complexity index is 646. The average Bonchev–Trinajstić information content (AvgIpc) is 3.14. The highest BCUT2D eigenvalue weighted by Gasteiger charge is 2.17. The molecule has 0 unspecified atom stereocenters. The van der Waals surface area contributed by atoms with Crippen molar-refractivity contribution in [1.82, 2.24) is 20.6 Å². The van der Waals surface area contributed by atoms with Gasteiger partial charge in [-0.3, -0.25) is 0 Å². The molecule has 0 bridgehead atoms. The number of amides is 1. The lowest BCUT2D eigenvalue weighted by Gasteiger charge is -2.17. The van der Waals surface area contributed by atoms with E-state index in [-0.39, 0.29) is 12.6 Å². The fraction of sp³-hybridized carbons (Fsp3) is 0.389. The van der Waals surface area contributed by atoms with Gasteiger partial charge in [0.1, 0.15) is 12.4 Å². The van der Waals surface area contributed by atoms with Crippen LogP contribution in [0.5, 0.6) is 0 Å². The molecule has 0 radical (unpaired) electrons. The zero-order valence-electron chi connectivity index (χ0n) is 14.3. The van der Waals surface area contributed by atoms with Crippen LogP contribution in [-0.4, -0.2) is 27.6 Å². The number of imidazole rings is 1. The zero-order valence-corrected chi connectivity index (χ0v) is 15.1. The summed E-state index contributed by atoms with van der Waals surface area (Å²) in [7, 11) is 0. The number of hydrogen-bond donors (Lipinski definition) is 3. The fourth-order valence-corrected chi connectivity index (χ4v) is 2.49. The maximum absolute atomic E-state index is 12.1. The number of rotatable bonds is 9. The zero-order chi connectivity index (χ0) is 17.9. The summed E-state index contributed by atoms with van der Waals surface area (Å²) >= 11 is 4.99. The van der Waals surface area contributed by atoms with Gasteiger partial charge in [-0.05, 0) is 31.7 Å². The van der Waals surface area contributed by atoms with Gasteiger partial charge in [-0.1, -0.05) is 42.5 Å². The summed E-state index contributed by atoms with van der Waals surface area (Å²) in [5.74, 6) is 0.732. The molecular weight excluding hydrogens is 336 g/mol. The molecule has 0 aliphatic rings. The first-order valence-corrected chi connectivity index (χ1v) is 8.77. The van der Waals surface area contributed by atoms with Gasteiger partial charge in [-0.15, -0.1) is 0 Å². The highest BCUT2D eigenvalue weighted by Crippen LogP contribution is 2.16. The Morgan fingerprint density at radius 2 is 2.12 bits per heavy atom. The first kappa shape index (κ1) is 18.9. The summed E-state index contributed by atoms with van der Waals surface area (Å²) in [6.07, 6.45) is 5.64. The van der Waals surface area contributed by atoms with Crippen LogP contribution in [0.25, 0.3) is 0 Å². The van der Waals surface area contributed by atoms with E-state index in [0.29, 0.717) is 0 Å². The number of carbonyl (C=O) groups excluding carboxylic acids is 1. The van der Waals surface area contributed by atoms with Crippen molar-refractivity contribution in [1.29, 1.82) is 0 Å². The summed E-state index contributed by atoms with van der Waals surface area (Å²) in [5.41, 5.74) is 0.953. The highest BCUT2D eigenvalue weighted by molar-refractivity contribution is 7.80. The van der Waals surface area contributed by atoms with Gasteiger partial charge >= 0.3 is 6.09 Å². The third-order valence-corrected chi connectivity index (χ3v) is 3.79. The normalized spacial score (nSPS) is 11.6. The minimum absolute atomic E-state index is 0.202. The molecule has 1 aromatic carbocycles. The number of ether oxygens (including phenoxy) is 1. The van der Waals surface area contributed by atoms with Gasteiger partial charge in [0.15, 0.2) is 0 Å².